The summed E-state index contributed by atoms with van der Waals surface area (Å²) >= 11 is 0. The first-order valence-corrected chi connectivity index (χ1v) is 6.69. The Hall–Kier alpha value is -1.82. The second-order valence-corrected chi connectivity index (χ2v) is 5.33. The van der Waals surface area contributed by atoms with Gasteiger partial charge in [0.15, 0.2) is 0 Å². The van der Waals surface area contributed by atoms with Gasteiger partial charge >= 0.3 is 11.9 Å². The maximum absolute atomic E-state index is 11.9. The minimum atomic E-state index is -0.862. The van der Waals surface area contributed by atoms with Crippen molar-refractivity contribution in [2.75, 3.05) is 20.3 Å². The Morgan fingerprint density at radius 3 is 3.00 bits per heavy atom. The van der Waals surface area contributed by atoms with E-state index in [1.165, 1.54) is 7.11 Å². The van der Waals surface area contributed by atoms with Crippen molar-refractivity contribution in [3.05, 3.63) is 23.9 Å². The van der Waals surface area contributed by atoms with Gasteiger partial charge in [-0.2, -0.15) is 0 Å². The molecule has 1 saturated heterocycles. The second-order valence-electron chi connectivity index (χ2n) is 5.33. The van der Waals surface area contributed by atoms with Gasteiger partial charge in [0.1, 0.15) is 6.23 Å². The Morgan fingerprint density at radius 1 is 1.50 bits per heavy atom. The lowest BCUT2D eigenvalue weighted by molar-refractivity contribution is -0.138. The lowest BCUT2D eigenvalue weighted by Gasteiger charge is -2.38. The predicted octanol–water partition coefficient (Wildman–Crippen LogP) is 0.608. The van der Waals surface area contributed by atoms with E-state index in [2.05, 4.69) is 6.08 Å². The lowest BCUT2D eigenvalue weighted by Crippen LogP contribution is -2.44. The number of allylic oxidation sites excluding steroid dienone is 1. The van der Waals surface area contributed by atoms with Crippen molar-refractivity contribution in [1.82, 2.24) is 4.90 Å². The summed E-state index contributed by atoms with van der Waals surface area (Å²) in [7, 11) is 1.36. The number of rotatable bonds is 4. The van der Waals surface area contributed by atoms with E-state index in [0.29, 0.717) is 24.6 Å². The van der Waals surface area contributed by atoms with Crippen LogP contribution in [0.25, 0.3) is 0 Å². The molecular weight excluding hydrogens is 262 g/mol. The molecular formula is C14H17NO5. The average molecular weight is 279 g/mol. The van der Waals surface area contributed by atoms with Crippen molar-refractivity contribution in [3.63, 3.8) is 0 Å². The van der Waals surface area contributed by atoms with E-state index in [1.54, 1.807) is 6.20 Å². The topological polar surface area (TPSA) is 76.1 Å². The number of ether oxygens (including phenoxy) is 2. The number of hydrogen-bond acceptors (Lipinski definition) is 5. The maximum atomic E-state index is 11.9. The molecule has 0 amide bonds. The van der Waals surface area contributed by atoms with Crippen molar-refractivity contribution in [2.24, 2.45) is 17.8 Å². The van der Waals surface area contributed by atoms with Gasteiger partial charge in [-0.05, 0) is 0 Å². The van der Waals surface area contributed by atoms with Crippen LogP contribution >= 0.6 is 0 Å². The quantitative estimate of drug-likeness (QED) is 0.600. The van der Waals surface area contributed by atoms with Crippen molar-refractivity contribution < 1.29 is 24.2 Å². The molecule has 0 aromatic rings. The smallest absolute Gasteiger partial charge is 0.335 e. The maximum Gasteiger partial charge on any atom is 0.335 e. The highest BCUT2D eigenvalue weighted by Crippen LogP contribution is 2.47. The summed E-state index contributed by atoms with van der Waals surface area (Å²) in [4.78, 5) is 24.5. The monoisotopic (exact) mass is 279 g/mol. The van der Waals surface area contributed by atoms with E-state index in [4.69, 9.17) is 14.6 Å². The van der Waals surface area contributed by atoms with E-state index in [0.717, 1.165) is 0 Å². The summed E-state index contributed by atoms with van der Waals surface area (Å²) in [6, 6.07) is 0. The molecule has 3 aliphatic rings. The molecule has 0 radical (unpaired) electrons. The average Bonchev–Trinajstić information content (AvgIpc) is 3.03. The largest absolute Gasteiger partial charge is 0.481 e. The van der Waals surface area contributed by atoms with Crippen LogP contribution in [0.4, 0.5) is 0 Å². The minimum Gasteiger partial charge on any atom is -0.481 e. The van der Waals surface area contributed by atoms with Crippen molar-refractivity contribution in [3.8, 4) is 0 Å². The van der Waals surface area contributed by atoms with Crippen LogP contribution in [0.1, 0.15) is 6.42 Å². The number of carboxylic acid groups (broad SMARTS) is 1. The highest BCUT2D eigenvalue weighted by atomic mass is 16.5. The third kappa shape index (κ3) is 2.00. The molecule has 6 nitrogen and oxygen atoms in total. The van der Waals surface area contributed by atoms with Crippen LogP contribution in [0.2, 0.25) is 0 Å². The fourth-order valence-corrected chi connectivity index (χ4v) is 3.35. The molecule has 4 unspecified atom stereocenters. The van der Waals surface area contributed by atoms with Gasteiger partial charge in [0.05, 0.1) is 25.7 Å². The molecule has 108 valence electrons. The minimum absolute atomic E-state index is 0.0142. The molecule has 1 N–H and O–H groups in total. The molecule has 4 atom stereocenters. The number of aliphatic carboxylic acids is 1. The van der Waals surface area contributed by atoms with Gasteiger partial charge in [0, 0.05) is 30.5 Å². The van der Waals surface area contributed by atoms with Crippen molar-refractivity contribution in [2.45, 2.75) is 12.6 Å². The summed E-state index contributed by atoms with van der Waals surface area (Å²) in [6.07, 6.45) is 5.71. The van der Waals surface area contributed by atoms with Crippen LogP contribution in [0.15, 0.2) is 23.9 Å². The molecule has 0 aromatic carbocycles. The third-order valence-corrected chi connectivity index (χ3v) is 4.26. The fraction of sp³-hybridized carbons (Fsp3) is 0.571. The molecule has 0 bridgehead atoms. The molecule has 1 aliphatic carbocycles. The van der Waals surface area contributed by atoms with Crippen LogP contribution in [-0.2, 0) is 19.1 Å². The first kappa shape index (κ1) is 13.2. The highest BCUT2D eigenvalue weighted by molar-refractivity contribution is 5.89. The number of hydrogen-bond donors (Lipinski definition) is 1. The van der Waals surface area contributed by atoms with Gasteiger partial charge in [-0.15, -0.1) is 0 Å². The van der Waals surface area contributed by atoms with Crippen LogP contribution in [-0.4, -0.2) is 48.4 Å². The lowest BCUT2D eigenvalue weighted by atomic mass is 9.81. The summed E-state index contributed by atoms with van der Waals surface area (Å²) < 4.78 is 10.6. The first-order chi connectivity index (χ1) is 9.61. The summed E-state index contributed by atoms with van der Waals surface area (Å²) in [6.45, 7) is 0.949. The Bertz CT molecular complexity index is 498. The molecule has 0 spiro atoms. The second kappa shape index (κ2) is 4.94. The molecule has 0 aromatic heterocycles. The predicted molar refractivity (Wildman–Crippen MR) is 68.4 cm³/mol. The van der Waals surface area contributed by atoms with E-state index in [1.807, 2.05) is 11.0 Å². The Morgan fingerprint density at radius 2 is 2.30 bits per heavy atom. The summed E-state index contributed by atoms with van der Waals surface area (Å²) in [5.41, 5.74) is 0.586. The van der Waals surface area contributed by atoms with Gasteiger partial charge < -0.3 is 19.5 Å². The van der Waals surface area contributed by atoms with Crippen LogP contribution in [0.5, 0.6) is 0 Å². The van der Waals surface area contributed by atoms with Crippen LogP contribution in [0, 0.1) is 17.8 Å². The molecule has 1 fully saturated rings. The summed E-state index contributed by atoms with van der Waals surface area (Å²) in [5.74, 6) is -0.722. The van der Waals surface area contributed by atoms with E-state index in [-0.39, 0.29) is 30.5 Å². The normalized spacial score (nSPS) is 33.9. The van der Waals surface area contributed by atoms with Crippen LogP contribution < -0.4 is 0 Å². The fourth-order valence-electron chi connectivity index (χ4n) is 3.35. The molecule has 3 rings (SSSR count). The van der Waals surface area contributed by atoms with Gasteiger partial charge in [-0.25, -0.2) is 4.79 Å². The number of carbonyl (C=O) groups excluding carboxylic acids is 1. The Balaban J connectivity index is 1.88. The van der Waals surface area contributed by atoms with E-state index >= 15 is 0 Å². The van der Waals surface area contributed by atoms with Gasteiger partial charge in [-0.3, -0.25) is 4.79 Å². The first-order valence-electron chi connectivity index (χ1n) is 6.69. The number of carbonyl (C=O) groups is 2. The van der Waals surface area contributed by atoms with E-state index < -0.39 is 5.97 Å². The Labute approximate surface area is 116 Å². The van der Waals surface area contributed by atoms with Gasteiger partial charge in [0.2, 0.25) is 0 Å². The molecule has 2 aliphatic heterocycles. The van der Waals surface area contributed by atoms with Crippen molar-refractivity contribution >= 4 is 11.9 Å². The zero-order valence-corrected chi connectivity index (χ0v) is 11.2. The number of nitrogens with zero attached hydrogens (tertiary/aromatic N) is 1. The standard InChI is InChI=1S/C14H17NO5/c1-19-14(18)10-6-15(5-4-11(16)17)13-12-8(7-20-13)2-3-9(10)12/h2-3,6,8-9,12-13H,4-5,7H2,1H3,(H,16,17). The van der Waals surface area contributed by atoms with Gasteiger partial charge in [-0.1, -0.05) is 12.2 Å². The highest BCUT2D eigenvalue weighted by Gasteiger charge is 2.50. The van der Waals surface area contributed by atoms with Crippen LogP contribution in [0.3, 0.4) is 0 Å². The SMILES string of the molecule is COC(=O)C1=CN(CCC(=O)O)C2OCC3C=CC1C32. The number of methoxy groups -OCH3 is 1. The molecule has 0 saturated carbocycles. The Kier molecular flexibility index (Phi) is 3.25. The van der Waals surface area contributed by atoms with Gasteiger partial charge in [0.25, 0.3) is 0 Å². The third-order valence-electron chi connectivity index (χ3n) is 4.26. The zero-order chi connectivity index (χ0) is 14.3. The molecule has 20 heavy (non-hydrogen) atoms. The number of carboxylic acids is 1. The van der Waals surface area contributed by atoms with Crippen molar-refractivity contribution in [1.29, 1.82) is 0 Å². The summed E-state index contributed by atoms with van der Waals surface area (Å²) in [5, 5.41) is 8.83. The zero-order valence-electron chi connectivity index (χ0n) is 11.2. The number of esters is 1. The molecule has 2 heterocycles. The van der Waals surface area contributed by atoms with E-state index in [9.17, 15) is 9.59 Å². The molecule has 6 heteroatoms.